The number of carbonyl (C=O) groups excluding carboxylic acids is 11. The minimum atomic E-state index is -1.79. The zero-order valence-corrected chi connectivity index (χ0v) is 48.5. The summed E-state index contributed by atoms with van der Waals surface area (Å²) < 4.78 is 0. The minimum Gasteiger partial charge on any atom is -0.481 e. The van der Waals surface area contributed by atoms with E-state index in [2.05, 4.69) is 59.4 Å². The first kappa shape index (κ1) is 71.8. The van der Waals surface area contributed by atoms with E-state index in [-0.39, 0.29) is 68.0 Å². The maximum atomic E-state index is 14.6. The molecule has 18 N–H and O–H groups in total. The van der Waals surface area contributed by atoms with Crippen molar-refractivity contribution in [3.63, 3.8) is 0 Å². The number of primary amides is 1. The van der Waals surface area contributed by atoms with Gasteiger partial charge in [-0.3, -0.25) is 57.5 Å². The Hall–Kier alpha value is -8.42. The summed E-state index contributed by atoms with van der Waals surface area (Å²) >= 11 is 0. The number of aliphatic hydroxyl groups is 3. The third kappa shape index (κ3) is 23.9. The van der Waals surface area contributed by atoms with Crippen LogP contribution in [0.2, 0.25) is 0 Å². The number of ketones is 1. The number of nitrogens with one attached hydrogen (secondary N) is 9. The zero-order chi connectivity index (χ0) is 64.0. The fourth-order valence-corrected chi connectivity index (χ4v) is 9.26. The van der Waals surface area contributed by atoms with Crippen molar-refractivity contribution in [2.24, 2.45) is 17.4 Å². The minimum absolute atomic E-state index is 0.0243. The third-order valence-electron chi connectivity index (χ3n) is 13.9. The number of aliphatic carboxylic acids is 2. The number of aromatic amines is 1. The van der Waals surface area contributed by atoms with Crippen molar-refractivity contribution in [1.29, 1.82) is 0 Å². The molecule has 0 radical (unpaired) electrons. The molecule has 1 aromatic heterocycles. The van der Waals surface area contributed by atoms with E-state index in [1.807, 2.05) is 0 Å². The Balaban J connectivity index is 1.91. The third-order valence-corrected chi connectivity index (χ3v) is 13.9. The van der Waals surface area contributed by atoms with Gasteiger partial charge in [0.25, 0.3) is 0 Å². The number of amides is 10. The van der Waals surface area contributed by atoms with Crippen molar-refractivity contribution in [1.82, 2.24) is 57.4 Å². The van der Waals surface area contributed by atoms with Crippen LogP contribution in [0, 0.1) is 5.92 Å². The molecule has 1 aliphatic rings. The van der Waals surface area contributed by atoms with Gasteiger partial charge in [-0.15, -0.1) is 0 Å². The van der Waals surface area contributed by atoms with E-state index in [1.54, 1.807) is 38.1 Å². The molecule has 3 rings (SSSR count). The van der Waals surface area contributed by atoms with Gasteiger partial charge >= 0.3 is 11.9 Å². The molecule has 1 aliphatic heterocycles. The number of H-pyrrole nitrogens is 1. The van der Waals surface area contributed by atoms with E-state index in [1.165, 1.54) is 12.5 Å². The molecule has 476 valence electrons. The first-order valence-corrected chi connectivity index (χ1v) is 28.4. The Morgan fingerprint density at radius 2 is 1.17 bits per heavy atom. The molecule has 1 aromatic carbocycles. The fourth-order valence-electron chi connectivity index (χ4n) is 9.26. The fraction of sp³-hybridized carbons (Fsp3) is 0.600. The van der Waals surface area contributed by atoms with Crippen LogP contribution in [0.4, 0.5) is 0 Å². The van der Waals surface area contributed by atoms with E-state index >= 15 is 0 Å². The Morgan fingerprint density at radius 1 is 0.640 bits per heavy atom. The summed E-state index contributed by atoms with van der Waals surface area (Å²) in [6.07, 6.45) is 4.35. The first-order valence-electron chi connectivity index (χ1n) is 28.4. The van der Waals surface area contributed by atoms with Crippen LogP contribution in [0.1, 0.15) is 126 Å². The second-order valence-electron chi connectivity index (χ2n) is 21.1. The second kappa shape index (κ2) is 37.1. The topological polar surface area (TPSA) is 503 Å². The number of unbranched alkanes of at least 4 members (excludes halogenated alkanes) is 4. The maximum Gasteiger partial charge on any atom is 0.326 e. The molecule has 1 fully saturated rings. The zero-order valence-electron chi connectivity index (χ0n) is 48.5. The Labute approximate surface area is 496 Å². The number of carbonyl (C=O) groups is 13. The largest absolute Gasteiger partial charge is 0.481 e. The average Bonchev–Trinajstić information content (AvgIpc) is 3.92. The number of hydrogen-bond acceptors (Lipinski definition) is 18. The molecule has 1 saturated heterocycles. The molecule has 2 heterocycles. The SMILES string of the molecule is CCCCCCCC(=O)c1ccccc1C[C@H](NC(=O)[C@H](CO)NC(=O)[C@H](CO)NC(=O)CN)C(=O)N[C@@H](CC(C)C)C(=O)N[C@@H](CO)C(=O)N1CCC[C@H]1C(=O)N[C@@H](CCC(=O)O)C(=O)N[C@@H](Cc1c[nH]cn1)C(=O)N[C@@H](CCC(N)=O)C(=O)O. The molecule has 2 aromatic rings. The predicted molar refractivity (Wildman–Crippen MR) is 303 cm³/mol. The smallest absolute Gasteiger partial charge is 0.326 e. The van der Waals surface area contributed by atoms with Gasteiger partial charge in [-0.05, 0) is 50.0 Å². The standard InChI is InChI=1S/C55H83N13O18/c1-4-5-6-7-8-15-43(72)33-13-10-9-12-31(33)22-37(64-52(82)40(27-70)66-51(81)39(26-69)60-45(74)24-56)49(79)63-36(21-30(2)3)48(78)67-41(28-71)54(84)68-20-11-14-42(68)53(83)61-34(17-19-46(75)76)47(77)65-38(23-32-25-58-29-59-32)50(80)62-35(55(85)86)16-18-44(57)73/h9-10,12-13,25,29-30,34-42,69-71H,4-8,11,14-24,26-28,56H2,1-3H3,(H2,57,73)(H,58,59)(H,60,74)(H,61,83)(H,62,80)(H,63,79)(H,64,82)(H,65,77)(H,66,81)(H,67,78)(H,75,76)(H,85,86)/t34-,35-,36-,37-,38-,39-,40-,41-,42-/m0/s1. The van der Waals surface area contributed by atoms with Crippen LogP contribution in [-0.4, -0.2) is 204 Å². The molecule has 9 atom stereocenters. The lowest BCUT2D eigenvalue weighted by Crippen LogP contribution is -2.61. The van der Waals surface area contributed by atoms with Crippen molar-refractivity contribution in [3.8, 4) is 0 Å². The van der Waals surface area contributed by atoms with Crippen LogP contribution >= 0.6 is 0 Å². The Bertz CT molecular complexity index is 2660. The molecule has 0 bridgehead atoms. The van der Waals surface area contributed by atoms with Gasteiger partial charge in [0.2, 0.25) is 59.1 Å². The number of aromatic nitrogens is 2. The summed E-state index contributed by atoms with van der Waals surface area (Å²) in [5.74, 6) is -13.6. The van der Waals surface area contributed by atoms with Crippen molar-refractivity contribution >= 4 is 76.8 Å². The van der Waals surface area contributed by atoms with Crippen molar-refractivity contribution in [3.05, 3.63) is 53.6 Å². The van der Waals surface area contributed by atoms with Gasteiger partial charge in [-0.1, -0.05) is 70.7 Å². The highest BCUT2D eigenvalue weighted by Crippen LogP contribution is 2.21. The van der Waals surface area contributed by atoms with Crippen LogP contribution < -0.4 is 54.0 Å². The number of benzene rings is 1. The molecule has 0 unspecified atom stereocenters. The Morgan fingerprint density at radius 3 is 1.74 bits per heavy atom. The van der Waals surface area contributed by atoms with E-state index < -0.39 is 177 Å². The number of aliphatic hydroxyl groups excluding tert-OH is 3. The highest BCUT2D eigenvalue weighted by molar-refractivity contribution is 6.00. The molecular weight excluding hydrogens is 1130 g/mol. The maximum absolute atomic E-state index is 14.6. The number of nitrogens with zero attached hydrogens (tertiary/aromatic N) is 2. The van der Waals surface area contributed by atoms with Crippen molar-refractivity contribution < 1.29 is 87.9 Å². The van der Waals surface area contributed by atoms with E-state index in [0.29, 0.717) is 12.0 Å². The summed E-state index contributed by atoms with van der Waals surface area (Å²) in [7, 11) is 0. The number of Topliss-reactive ketones (excluding diaryl/α,β-unsaturated/α-hetero) is 1. The molecule has 86 heavy (non-hydrogen) atoms. The summed E-state index contributed by atoms with van der Waals surface area (Å²) in [5.41, 5.74) is 11.2. The molecule has 0 spiro atoms. The second-order valence-corrected chi connectivity index (χ2v) is 21.1. The van der Waals surface area contributed by atoms with Gasteiger partial charge in [-0.2, -0.15) is 0 Å². The van der Waals surface area contributed by atoms with Crippen LogP contribution in [0.15, 0.2) is 36.8 Å². The average molecular weight is 1210 g/mol. The number of rotatable bonds is 40. The molecule has 31 heteroatoms. The van der Waals surface area contributed by atoms with Crippen molar-refractivity contribution in [2.75, 3.05) is 32.9 Å². The lowest BCUT2D eigenvalue weighted by Gasteiger charge is -2.31. The summed E-state index contributed by atoms with van der Waals surface area (Å²) in [6.45, 7) is 1.76. The number of likely N-dealkylation sites (tertiary alicyclic amines) is 1. The summed E-state index contributed by atoms with van der Waals surface area (Å²) in [6, 6.07) is -8.27. The summed E-state index contributed by atoms with van der Waals surface area (Å²) in [5, 5.41) is 68.9. The number of carboxylic acid groups (broad SMARTS) is 2. The van der Waals surface area contributed by atoms with Crippen LogP contribution in [-0.2, 0) is 70.4 Å². The highest BCUT2D eigenvalue weighted by Gasteiger charge is 2.41. The molecule has 10 amide bonds. The van der Waals surface area contributed by atoms with Gasteiger partial charge in [0.1, 0.15) is 54.4 Å². The predicted octanol–water partition coefficient (Wildman–Crippen LogP) is -4.20. The van der Waals surface area contributed by atoms with Crippen LogP contribution in [0.3, 0.4) is 0 Å². The normalized spacial score (nSPS) is 15.7. The lowest BCUT2D eigenvalue weighted by atomic mass is 9.94. The number of imidazole rings is 1. The number of carboxylic acids is 2. The van der Waals surface area contributed by atoms with Crippen LogP contribution in [0.5, 0.6) is 0 Å². The number of nitrogens with two attached hydrogens (primary N) is 2. The summed E-state index contributed by atoms with van der Waals surface area (Å²) in [4.78, 5) is 180. The van der Waals surface area contributed by atoms with Crippen LogP contribution in [0.25, 0.3) is 0 Å². The van der Waals surface area contributed by atoms with Gasteiger partial charge in [0, 0.05) is 50.4 Å². The van der Waals surface area contributed by atoms with E-state index in [0.717, 1.165) is 30.6 Å². The first-order chi connectivity index (χ1) is 40.9. The quantitative estimate of drug-likeness (QED) is 0.0222. The molecular formula is C55H83N13O18. The monoisotopic (exact) mass is 1210 g/mol. The molecule has 31 nitrogen and oxygen atoms in total. The van der Waals surface area contributed by atoms with Gasteiger partial charge in [0.15, 0.2) is 5.78 Å². The van der Waals surface area contributed by atoms with Gasteiger partial charge in [0.05, 0.1) is 38.4 Å². The molecule has 0 aliphatic carbocycles. The number of hydrogen-bond donors (Lipinski definition) is 16. The van der Waals surface area contributed by atoms with E-state index in [4.69, 9.17) is 11.5 Å². The van der Waals surface area contributed by atoms with Gasteiger partial charge < -0.3 is 89.4 Å². The van der Waals surface area contributed by atoms with E-state index in [9.17, 15) is 87.9 Å². The van der Waals surface area contributed by atoms with Gasteiger partial charge in [-0.25, -0.2) is 9.78 Å². The highest BCUT2D eigenvalue weighted by atomic mass is 16.4. The lowest BCUT2D eigenvalue weighted by molar-refractivity contribution is -0.143. The molecule has 0 saturated carbocycles. The van der Waals surface area contributed by atoms with Crippen molar-refractivity contribution in [2.45, 2.75) is 171 Å². The Kier molecular flexibility index (Phi) is 31.0.